The van der Waals surface area contributed by atoms with Crippen LogP contribution in [0.25, 0.3) is 11.0 Å². The lowest BCUT2D eigenvalue weighted by Crippen LogP contribution is -2.25. The molecule has 0 bridgehead atoms. The van der Waals surface area contributed by atoms with Crippen molar-refractivity contribution in [1.82, 2.24) is 4.72 Å². The van der Waals surface area contributed by atoms with Crippen LogP contribution in [0.3, 0.4) is 0 Å². The molecular formula is C23H22ClNO6S. The van der Waals surface area contributed by atoms with Crippen LogP contribution in [0.5, 0.6) is 5.75 Å². The standard InChI is InChI=1S/C23H22ClNO6S/c1-14-7-9-15(10-8-14)32(28,29)25-11-3-6-22(26)30-21-13-20-18(12-19(21)24)16-4-2-5-17(16)23(27)31-20/h7-10,12-13,25H,2-6,11H2,1H3. The highest BCUT2D eigenvalue weighted by atomic mass is 35.5. The maximum atomic E-state index is 12.3. The van der Waals surface area contributed by atoms with Gasteiger partial charge in [-0.2, -0.15) is 0 Å². The molecule has 0 radical (unpaired) electrons. The normalized spacial score (nSPS) is 13.3. The molecule has 0 saturated heterocycles. The Labute approximate surface area is 190 Å². The molecule has 0 fully saturated rings. The fraction of sp³-hybridized carbons (Fsp3) is 0.304. The number of ether oxygens (including phenoxy) is 1. The van der Waals surface area contributed by atoms with E-state index in [-0.39, 0.29) is 40.7 Å². The van der Waals surface area contributed by atoms with Gasteiger partial charge in [-0.3, -0.25) is 4.79 Å². The average Bonchev–Trinajstić information content (AvgIpc) is 3.24. The number of aryl methyl sites for hydroxylation is 2. The van der Waals surface area contributed by atoms with Crippen molar-refractivity contribution in [3.63, 3.8) is 0 Å². The summed E-state index contributed by atoms with van der Waals surface area (Å²) in [7, 11) is -3.64. The Morgan fingerprint density at radius 3 is 2.62 bits per heavy atom. The van der Waals surface area contributed by atoms with E-state index in [1.165, 1.54) is 18.2 Å². The Morgan fingerprint density at radius 1 is 1.16 bits per heavy atom. The van der Waals surface area contributed by atoms with Crippen molar-refractivity contribution in [2.75, 3.05) is 6.54 Å². The van der Waals surface area contributed by atoms with Crippen LogP contribution < -0.4 is 15.1 Å². The van der Waals surface area contributed by atoms with Crippen molar-refractivity contribution in [3.05, 3.63) is 68.5 Å². The van der Waals surface area contributed by atoms with E-state index < -0.39 is 16.0 Å². The number of nitrogens with one attached hydrogen (secondary N) is 1. The van der Waals surface area contributed by atoms with Crippen LogP contribution in [0, 0.1) is 6.92 Å². The zero-order valence-electron chi connectivity index (χ0n) is 17.4. The molecule has 9 heteroatoms. The number of rotatable bonds is 7. The third kappa shape index (κ3) is 4.72. The number of esters is 1. The van der Waals surface area contributed by atoms with E-state index >= 15 is 0 Å². The molecule has 7 nitrogen and oxygen atoms in total. The smallest absolute Gasteiger partial charge is 0.339 e. The maximum absolute atomic E-state index is 12.3. The predicted molar refractivity (Wildman–Crippen MR) is 121 cm³/mol. The Hall–Kier alpha value is -2.68. The van der Waals surface area contributed by atoms with Crippen molar-refractivity contribution in [3.8, 4) is 5.75 Å². The maximum Gasteiger partial charge on any atom is 0.339 e. The monoisotopic (exact) mass is 475 g/mol. The first-order valence-corrected chi connectivity index (χ1v) is 12.2. The van der Waals surface area contributed by atoms with E-state index in [1.807, 2.05) is 6.92 Å². The average molecular weight is 476 g/mol. The molecular weight excluding hydrogens is 454 g/mol. The summed E-state index contributed by atoms with van der Waals surface area (Å²) in [5.41, 5.74) is 2.55. The summed E-state index contributed by atoms with van der Waals surface area (Å²) in [6.07, 6.45) is 2.60. The zero-order chi connectivity index (χ0) is 22.9. The van der Waals surface area contributed by atoms with Gasteiger partial charge in [0.15, 0.2) is 5.75 Å². The van der Waals surface area contributed by atoms with E-state index in [4.69, 9.17) is 20.8 Å². The second-order valence-corrected chi connectivity index (χ2v) is 9.94. The van der Waals surface area contributed by atoms with Crippen LogP contribution in [-0.4, -0.2) is 20.9 Å². The zero-order valence-corrected chi connectivity index (χ0v) is 19.0. The molecule has 32 heavy (non-hydrogen) atoms. The summed E-state index contributed by atoms with van der Waals surface area (Å²) in [5, 5.41) is 1.00. The van der Waals surface area contributed by atoms with Crippen molar-refractivity contribution < 1.29 is 22.4 Å². The van der Waals surface area contributed by atoms with Crippen molar-refractivity contribution in [2.45, 2.75) is 43.9 Å². The van der Waals surface area contributed by atoms with E-state index in [0.29, 0.717) is 17.6 Å². The minimum absolute atomic E-state index is 0.0150. The van der Waals surface area contributed by atoms with Gasteiger partial charge in [0.1, 0.15) is 5.58 Å². The Bertz CT molecular complexity index is 1350. The lowest BCUT2D eigenvalue weighted by Gasteiger charge is -2.10. The van der Waals surface area contributed by atoms with E-state index in [0.717, 1.165) is 29.4 Å². The number of hydrogen-bond donors (Lipinski definition) is 1. The Morgan fingerprint density at radius 2 is 1.88 bits per heavy atom. The van der Waals surface area contributed by atoms with Crippen molar-refractivity contribution in [2.24, 2.45) is 0 Å². The lowest BCUT2D eigenvalue weighted by molar-refractivity contribution is -0.134. The Kier molecular flexibility index (Phi) is 6.37. The second kappa shape index (κ2) is 9.05. The molecule has 4 rings (SSSR count). The minimum Gasteiger partial charge on any atom is -0.425 e. The third-order valence-electron chi connectivity index (χ3n) is 5.43. The summed E-state index contributed by atoms with van der Waals surface area (Å²) < 4.78 is 37.7. The van der Waals surface area contributed by atoms with Crippen LogP contribution >= 0.6 is 11.6 Å². The summed E-state index contributed by atoms with van der Waals surface area (Å²) in [4.78, 5) is 24.6. The number of halogens is 1. The lowest BCUT2D eigenvalue weighted by atomic mass is 10.1. The van der Waals surface area contributed by atoms with Crippen LogP contribution in [0.15, 0.2) is 50.5 Å². The number of fused-ring (bicyclic) bond motifs is 3. The van der Waals surface area contributed by atoms with Gasteiger partial charge in [0.2, 0.25) is 10.0 Å². The number of sulfonamides is 1. The summed E-state index contributed by atoms with van der Waals surface area (Å²) >= 11 is 6.30. The van der Waals surface area contributed by atoms with Gasteiger partial charge in [0.25, 0.3) is 0 Å². The van der Waals surface area contributed by atoms with E-state index in [1.54, 1.807) is 18.2 Å². The molecule has 3 aromatic rings. The molecule has 0 aliphatic heterocycles. The van der Waals surface area contributed by atoms with Crippen molar-refractivity contribution in [1.29, 1.82) is 0 Å². The molecule has 1 aliphatic rings. The highest BCUT2D eigenvalue weighted by molar-refractivity contribution is 7.89. The molecule has 2 aromatic carbocycles. The van der Waals surface area contributed by atoms with Gasteiger partial charge >= 0.3 is 11.6 Å². The largest absolute Gasteiger partial charge is 0.425 e. The molecule has 1 aromatic heterocycles. The minimum atomic E-state index is -3.64. The van der Waals surface area contributed by atoms with Crippen LogP contribution in [-0.2, 0) is 27.7 Å². The van der Waals surface area contributed by atoms with Gasteiger partial charge in [-0.05, 0) is 56.4 Å². The van der Waals surface area contributed by atoms with Gasteiger partial charge in [-0.25, -0.2) is 17.9 Å². The number of hydrogen-bond acceptors (Lipinski definition) is 6. The molecule has 0 atom stereocenters. The fourth-order valence-corrected chi connectivity index (χ4v) is 5.05. The molecule has 168 valence electrons. The van der Waals surface area contributed by atoms with Crippen LogP contribution in [0.1, 0.15) is 36.0 Å². The molecule has 0 unspecified atom stereocenters. The number of carbonyl (C=O) groups excluding carboxylic acids is 1. The summed E-state index contributed by atoms with van der Waals surface area (Å²) in [6, 6.07) is 9.60. The van der Waals surface area contributed by atoms with Crippen molar-refractivity contribution >= 4 is 38.6 Å². The summed E-state index contributed by atoms with van der Waals surface area (Å²) in [6.45, 7) is 1.95. The first-order valence-electron chi connectivity index (χ1n) is 10.3. The molecule has 1 aliphatic carbocycles. The quantitative estimate of drug-likeness (QED) is 0.240. The predicted octanol–water partition coefficient (Wildman–Crippen LogP) is 3.91. The first kappa shape index (κ1) is 22.5. The van der Waals surface area contributed by atoms with Crippen LogP contribution in [0.4, 0.5) is 0 Å². The molecule has 1 heterocycles. The second-order valence-electron chi connectivity index (χ2n) is 7.77. The van der Waals surface area contributed by atoms with E-state index in [2.05, 4.69) is 4.72 Å². The number of benzene rings is 2. The Balaban J connectivity index is 1.37. The fourth-order valence-electron chi connectivity index (χ4n) is 3.77. The van der Waals surface area contributed by atoms with E-state index in [9.17, 15) is 18.0 Å². The van der Waals surface area contributed by atoms with Crippen LogP contribution in [0.2, 0.25) is 5.02 Å². The SMILES string of the molecule is Cc1ccc(S(=O)(=O)NCCCC(=O)Oc2cc3oc(=O)c4c(c3cc2Cl)CCC4)cc1. The molecule has 0 saturated carbocycles. The molecule has 1 N–H and O–H groups in total. The van der Waals surface area contributed by atoms with Gasteiger partial charge in [-0.15, -0.1) is 0 Å². The molecule has 0 spiro atoms. The highest BCUT2D eigenvalue weighted by Gasteiger charge is 2.21. The highest BCUT2D eigenvalue weighted by Crippen LogP contribution is 2.34. The first-order chi connectivity index (χ1) is 15.2. The van der Waals surface area contributed by atoms with Gasteiger partial charge < -0.3 is 9.15 Å². The topological polar surface area (TPSA) is 103 Å². The van der Waals surface area contributed by atoms with Gasteiger partial charge in [-0.1, -0.05) is 29.3 Å². The van der Waals surface area contributed by atoms with Gasteiger partial charge in [0, 0.05) is 30.0 Å². The summed E-state index contributed by atoms with van der Waals surface area (Å²) in [5.74, 6) is -0.463. The van der Waals surface area contributed by atoms with Gasteiger partial charge in [0.05, 0.1) is 9.92 Å². The molecule has 0 amide bonds. The third-order valence-corrected chi connectivity index (χ3v) is 7.20. The number of carbonyl (C=O) groups is 1.